The Hall–Kier alpha value is -1.64. The van der Waals surface area contributed by atoms with Crippen molar-refractivity contribution in [2.24, 2.45) is 0 Å². The summed E-state index contributed by atoms with van der Waals surface area (Å²) in [6.45, 7) is 5.94. The van der Waals surface area contributed by atoms with E-state index in [1.165, 1.54) is 12.8 Å². The normalized spacial score (nSPS) is 15.8. The molecule has 1 aliphatic carbocycles. The second kappa shape index (κ2) is 2.92. The van der Waals surface area contributed by atoms with Gasteiger partial charge in [0.05, 0.1) is 11.9 Å². The lowest BCUT2D eigenvalue weighted by molar-refractivity contribution is 1.02. The maximum absolute atomic E-state index is 4.66. The zero-order valence-corrected chi connectivity index (χ0v) is 8.75. The number of aromatic amines is 1. The molecule has 0 bridgehead atoms. The number of hydrogen-bond acceptors (Lipinski definition) is 2. The van der Waals surface area contributed by atoms with Crippen LogP contribution in [0, 0.1) is 0 Å². The first kappa shape index (κ1) is 8.65. The van der Waals surface area contributed by atoms with Gasteiger partial charge in [0.1, 0.15) is 5.52 Å². The van der Waals surface area contributed by atoms with E-state index in [1.807, 2.05) is 19.3 Å². The minimum absolute atomic E-state index is 0.648. The second-order valence-electron chi connectivity index (χ2n) is 4.25. The molecule has 2 aromatic heterocycles. The summed E-state index contributed by atoms with van der Waals surface area (Å²) in [5.41, 5.74) is 5.07. The predicted octanol–water partition coefficient (Wildman–Crippen LogP) is 2.87. The van der Waals surface area contributed by atoms with Gasteiger partial charge in [-0.3, -0.25) is 0 Å². The van der Waals surface area contributed by atoms with Gasteiger partial charge in [0.2, 0.25) is 0 Å². The molecule has 1 saturated carbocycles. The van der Waals surface area contributed by atoms with Crippen LogP contribution in [-0.2, 0) is 0 Å². The lowest BCUT2D eigenvalue weighted by Gasteiger charge is -1.99. The fourth-order valence-corrected chi connectivity index (χ4v) is 1.81. The van der Waals surface area contributed by atoms with Crippen LogP contribution in [0.1, 0.15) is 36.9 Å². The van der Waals surface area contributed by atoms with E-state index in [0.717, 1.165) is 28.0 Å². The van der Waals surface area contributed by atoms with E-state index in [4.69, 9.17) is 0 Å². The zero-order chi connectivity index (χ0) is 10.4. The second-order valence-corrected chi connectivity index (χ2v) is 4.25. The Labute approximate surface area is 88.3 Å². The summed E-state index contributed by atoms with van der Waals surface area (Å²) < 4.78 is 0. The van der Waals surface area contributed by atoms with Crippen molar-refractivity contribution in [3.8, 4) is 0 Å². The van der Waals surface area contributed by atoms with Crippen molar-refractivity contribution in [2.45, 2.75) is 25.7 Å². The summed E-state index contributed by atoms with van der Waals surface area (Å²) in [5.74, 6) is 0.648. The van der Waals surface area contributed by atoms with E-state index in [9.17, 15) is 0 Å². The number of allylic oxidation sites excluding steroid dienone is 1. The SMILES string of the molecule is C=C(C)c1c[nH]c2ncc(C3CC3)nc12. The van der Waals surface area contributed by atoms with Crippen LogP contribution in [-0.4, -0.2) is 15.0 Å². The maximum Gasteiger partial charge on any atom is 0.156 e. The van der Waals surface area contributed by atoms with E-state index in [1.54, 1.807) is 0 Å². The van der Waals surface area contributed by atoms with Gasteiger partial charge in [0.25, 0.3) is 0 Å². The highest BCUT2D eigenvalue weighted by molar-refractivity contribution is 5.86. The summed E-state index contributed by atoms with van der Waals surface area (Å²) in [4.78, 5) is 12.2. The molecular formula is C12H13N3. The van der Waals surface area contributed by atoms with Crippen molar-refractivity contribution in [1.82, 2.24) is 15.0 Å². The van der Waals surface area contributed by atoms with Gasteiger partial charge in [-0.15, -0.1) is 0 Å². The van der Waals surface area contributed by atoms with Crippen LogP contribution in [0.4, 0.5) is 0 Å². The van der Waals surface area contributed by atoms with Crippen LogP contribution in [0.15, 0.2) is 19.0 Å². The van der Waals surface area contributed by atoms with Gasteiger partial charge in [-0.2, -0.15) is 0 Å². The van der Waals surface area contributed by atoms with Crippen LogP contribution in [0.2, 0.25) is 0 Å². The van der Waals surface area contributed by atoms with Gasteiger partial charge in [-0.25, -0.2) is 9.97 Å². The van der Waals surface area contributed by atoms with Gasteiger partial charge in [-0.05, 0) is 25.3 Å². The zero-order valence-electron chi connectivity index (χ0n) is 8.75. The standard InChI is InChI=1S/C12H13N3/c1-7(2)9-5-13-12-11(9)15-10(6-14-12)8-3-4-8/h5-6,8H,1,3-4H2,2H3,(H,13,14). The molecule has 3 heteroatoms. The van der Waals surface area contributed by atoms with E-state index < -0.39 is 0 Å². The number of rotatable bonds is 2. The third kappa shape index (κ3) is 1.35. The predicted molar refractivity (Wildman–Crippen MR) is 60.6 cm³/mol. The Morgan fingerprint density at radius 2 is 2.33 bits per heavy atom. The van der Waals surface area contributed by atoms with E-state index in [0.29, 0.717) is 5.92 Å². The van der Waals surface area contributed by atoms with Crippen LogP contribution in [0.5, 0.6) is 0 Å². The molecule has 1 N–H and O–H groups in total. The van der Waals surface area contributed by atoms with E-state index >= 15 is 0 Å². The monoisotopic (exact) mass is 199 g/mol. The van der Waals surface area contributed by atoms with Crippen LogP contribution in [0.25, 0.3) is 16.7 Å². The number of nitrogens with one attached hydrogen (secondary N) is 1. The van der Waals surface area contributed by atoms with Gasteiger partial charge >= 0.3 is 0 Å². The molecule has 0 radical (unpaired) electrons. The molecule has 0 spiro atoms. The number of hydrogen-bond donors (Lipinski definition) is 1. The van der Waals surface area contributed by atoms with E-state index in [-0.39, 0.29) is 0 Å². The molecule has 0 unspecified atom stereocenters. The topological polar surface area (TPSA) is 41.6 Å². The quantitative estimate of drug-likeness (QED) is 0.808. The Bertz CT molecular complexity index is 535. The molecule has 2 heterocycles. The lowest BCUT2D eigenvalue weighted by Crippen LogP contribution is -1.90. The van der Waals surface area contributed by atoms with Crippen molar-refractivity contribution in [1.29, 1.82) is 0 Å². The molecule has 76 valence electrons. The first-order valence-corrected chi connectivity index (χ1v) is 5.25. The van der Waals surface area contributed by atoms with Gasteiger partial charge in [0, 0.05) is 17.7 Å². The molecule has 2 aromatic rings. The fraction of sp³-hybridized carbons (Fsp3) is 0.333. The van der Waals surface area contributed by atoms with Crippen molar-refractivity contribution in [3.63, 3.8) is 0 Å². The summed E-state index contributed by atoms with van der Waals surface area (Å²) in [6.07, 6.45) is 6.34. The van der Waals surface area contributed by atoms with Crippen molar-refractivity contribution < 1.29 is 0 Å². The Kier molecular flexibility index (Phi) is 1.69. The summed E-state index contributed by atoms with van der Waals surface area (Å²) >= 11 is 0. The van der Waals surface area contributed by atoms with Crippen molar-refractivity contribution >= 4 is 16.7 Å². The molecule has 3 rings (SSSR count). The van der Waals surface area contributed by atoms with Crippen LogP contribution < -0.4 is 0 Å². The summed E-state index contributed by atoms with van der Waals surface area (Å²) in [5, 5.41) is 0. The molecule has 3 nitrogen and oxygen atoms in total. The largest absolute Gasteiger partial charge is 0.344 e. The third-order valence-electron chi connectivity index (χ3n) is 2.85. The minimum Gasteiger partial charge on any atom is -0.344 e. The maximum atomic E-state index is 4.66. The number of nitrogens with zero attached hydrogens (tertiary/aromatic N) is 2. The number of aromatic nitrogens is 3. The van der Waals surface area contributed by atoms with Crippen LogP contribution in [0.3, 0.4) is 0 Å². The van der Waals surface area contributed by atoms with Crippen molar-refractivity contribution in [2.75, 3.05) is 0 Å². The molecule has 0 saturated heterocycles. The number of fused-ring (bicyclic) bond motifs is 1. The first-order valence-electron chi connectivity index (χ1n) is 5.25. The molecule has 0 atom stereocenters. The van der Waals surface area contributed by atoms with Gasteiger partial charge in [-0.1, -0.05) is 6.58 Å². The average Bonchev–Trinajstić information content (AvgIpc) is 2.97. The van der Waals surface area contributed by atoms with Crippen LogP contribution >= 0.6 is 0 Å². The Balaban J connectivity index is 2.21. The molecule has 1 fully saturated rings. The molecular weight excluding hydrogens is 186 g/mol. The van der Waals surface area contributed by atoms with Gasteiger partial charge < -0.3 is 4.98 Å². The number of H-pyrrole nitrogens is 1. The molecule has 15 heavy (non-hydrogen) atoms. The molecule has 0 amide bonds. The highest BCUT2D eigenvalue weighted by Gasteiger charge is 2.25. The summed E-state index contributed by atoms with van der Waals surface area (Å²) in [6, 6.07) is 0. The Morgan fingerprint density at radius 3 is 3.00 bits per heavy atom. The average molecular weight is 199 g/mol. The highest BCUT2D eigenvalue weighted by Crippen LogP contribution is 2.39. The van der Waals surface area contributed by atoms with E-state index in [2.05, 4.69) is 21.5 Å². The lowest BCUT2D eigenvalue weighted by atomic mass is 10.1. The third-order valence-corrected chi connectivity index (χ3v) is 2.85. The minimum atomic E-state index is 0.648. The Morgan fingerprint density at radius 1 is 1.53 bits per heavy atom. The highest BCUT2D eigenvalue weighted by atomic mass is 14.9. The summed E-state index contributed by atoms with van der Waals surface area (Å²) in [7, 11) is 0. The molecule has 1 aliphatic rings. The smallest absolute Gasteiger partial charge is 0.156 e. The fourth-order valence-electron chi connectivity index (χ4n) is 1.81. The molecule has 0 aliphatic heterocycles. The van der Waals surface area contributed by atoms with Crippen molar-refractivity contribution in [3.05, 3.63) is 30.2 Å². The van der Waals surface area contributed by atoms with Gasteiger partial charge in [0.15, 0.2) is 5.65 Å². The molecule has 0 aromatic carbocycles. The first-order chi connectivity index (χ1) is 7.25.